The first-order chi connectivity index (χ1) is 14.1. The molecule has 0 aliphatic heterocycles. The van der Waals surface area contributed by atoms with Crippen molar-refractivity contribution in [1.82, 2.24) is 0 Å². The Morgan fingerprint density at radius 1 is 1.20 bits per heavy atom. The molecule has 0 radical (unpaired) electrons. The van der Waals surface area contributed by atoms with Crippen LogP contribution in [0.5, 0.6) is 5.75 Å². The third kappa shape index (κ3) is 6.92. The highest BCUT2D eigenvalue weighted by molar-refractivity contribution is 9.11. The van der Waals surface area contributed by atoms with Crippen LogP contribution in [0.25, 0.3) is 0 Å². The Morgan fingerprint density at radius 3 is 2.50 bits per heavy atom. The van der Waals surface area contributed by atoms with E-state index in [0.717, 1.165) is 0 Å². The first-order valence-electron chi connectivity index (χ1n) is 9.11. The summed E-state index contributed by atoms with van der Waals surface area (Å²) in [4.78, 5) is 24.0. The molecule has 2 rings (SSSR count). The van der Waals surface area contributed by atoms with Gasteiger partial charge in [0.1, 0.15) is 11.9 Å². The van der Waals surface area contributed by atoms with Crippen LogP contribution in [0, 0.1) is 5.41 Å². The summed E-state index contributed by atoms with van der Waals surface area (Å²) in [5.41, 5.74) is 0.328. The normalized spacial score (nSPS) is 12.2. The topological polar surface area (TPSA) is 84.9 Å². The number of anilines is 1. The van der Waals surface area contributed by atoms with E-state index in [1.165, 1.54) is 0 Å². The molecule has 0 saturated heterocycles. The van der Waals surface area contributed by atoms with E-state index in [-0.39, 0.29) is 18.1 Å². The first-order valence-corrected chi connectivity index (χ1v) is 11.3. The predicted molar refractivity (Wildman–Crippen MR) is 126 cm³/mol. The Morgan fingerprint density at radius 2 is 1.87 bits per heavy atom. The molecule has 9 heteroatoms. The van der Waals surface area contributed by atoms with Gasteiger partial charge in [-0.1, -0.05) is 48.0 Å². The maximum absolute atomic E-state index is 12.6. The third-order valence-electron chi connectivity index (χ3n) is 4.43. The minimum atomic E-state index is -0.829. The Kier molecular flexibility index (Phi) is 9.06. The average molecular weight is 561 g/mol. The van der Waals surface area contributed by atoms with Crippen LogP contribution in [0.4, 0.5) is 10.5 Å². The van der Waals surface area contributed by atoms with Crippen molar-refractivity contribution < 1.29 is 24.2 Å². The van der Waals surface area contributed by atoms with Crippen LogP contribution in [0.2, 0.25) is 0 Å². The molecule has 1 amide bonds. The van der Waals surface area contributed by atoms with Crippen molar-refractivity contribution in [3.8, 4) is 5.75 Å². The summed E-state index contributed by atoms with van der Waals surface area (Å²) in [5, 5.41) is 13.3. The SMILES string of the molecule is CC(C)(CCOC(=O)CS)[C@H](OC(=O)Nc1ccccc1)c1cc(Br)cc(Br)c1O. The number of phenolic OH excluding ortho intramolecular Hbond substituents is 1. The number of phenols is 1. The number of thiol groups is 1. The average Bonchev–Trinajstić information content (AvgIpc) is 2.69. The Balaban J connectivity index is 2.30. The van der Waals surface area contributed by atoms with Crippen molar-refractivity contribution in [2.24, 2.45) is 5.41 Å². The van der Waals surface area contributed by atoms with E-state index in [2.05, 4.69) is 49.8 Å². The molecule has 0 aromatic heterocycles. The number of amides is 1. The Bertz CT molecular complexity index is 892. The van der Waals surface area contributed by atoms with Gasteiger partial charge < -0.3 is 14.6 Å². The number of esters is 1. The monoisotopic (exact) mass is 559 g/mol. The number of hydrogen-bond acceptors (Lipinski definition) is 6. The second-order valence-corrected chi connectivity index (χ2v) is 9.31. The number of carbonyl (C=O) groups excluding carboxylic acids is 2. The number of benzene rings is 2. The summed E-state index contributed by atoms with van der Waals surface area (Å²) in [7, 11) is 0. The molecule has 2 aromatic carbocycles. The second-order valence-electron chi connectivity index (χ2n) is 7.22. The molecule has 0 spiro atoms. The molecular weight excluding hydrogens is 538 g/mol. The van der Waals surface area contributed by atoms with Crippen molar-refractivity contribution >= 4 is 62.2 Å². The van der Waals surface area contributed by atoms with Gasteiger partial charge in [-0.15, -0.1) is 0 Å². The first kappa shape index (κ1) is 24.6. The summed E-state index contributed by atoms with van der Waals surface area (Å²) < 4.78 is 12.1. The zero-order chi connectivity index (χ0) is 22.3. The molecule has 162 valence electrons. The standard InChI is InChI=1S/C21H23Br2NO5S/c1-21(2,8-9-28-17(25)12-30)19(15-10-13(22)11-16(23)18(15)26)29-20(27)24-14-6-4-3-5-7-14/h3-7,10-11,19,26,30H,8-9,12H2,1-2H3,(H,24,27)/t19-/m1/s1. The number of hydrogen-bond donors (Lipinski definition) is 3. The molecule has 30 heavy (non-hydrogen) atoms. The number of halogens is 2. The van der Waals surface area contributed by atoms with E-state index in [1.54, 1.807) is 36.4 Å². The number of carbonyl (C=O) groups is 2. The fourth-order valence-electron chi connectivity index (χ4n) is 2.81. The maximum atomic E-state index is 12.6. The smallest absolute Gasteiger partial charge is 0.412 e. The molecule has 0 bridgehead atoms. The molecular formula is C21H23Br2NO5S. The quantitative estimate of drug-likeness (QED) is 0.268. The maximum Gasteiger partial charge on any atom is 0.412 e. The molecule has 6 nitrogen and oxygen atoms in total. The molecule has 0 aliphatic rings. The van der Waals surface area contributed by atoms with Gasteiger partial charge in [0.2, 0.25) is 0 Å². The van der Waals surface area contributed by atoms with Crippen LogP contribution < -0.4 is 5.32 Å². The fraction of sp³-hybridized carbons (Fsp3) is 0.333. The van der Waals surface area contributed by atoms with Crippen LogP contribution in [0.15, 0.2) is 51.4 Å². The van der Waals surface area contributed by atoms with Crippen molar-refractivity contribution in [2.45, 2.75) is 26.4 Å². The highest BCUT2D eigenvalue weighted by atomic mass is 79.9. The van der Waals surface area contributed by atoms with Gasteiger partial charge in [-0.2, -0.15) is 12.6 Å². The summed E-state index contributed by atoms with van der Waals surface area (Å²) in [6.07, 6.45) is -1.11. The van der Waals surface area contributed by atoms with E-state index < -0.39 is 23.6 Å². The van der Waals surface area contributed by atoms with Gasteiger partial charge in [-0.3, -0.25) is 10.1 Å². The number of para-hydroxylation sites is 1. The number of aromatic hydroxyl groups is 1. The lowest BCUT2D eigenvalue weighted by molar-refractivity contribution is -0.141. The van der Waals surface area contributed by atoms with Gasteiger partial charge in [0.15, 0.2) is 0 Å². The zero-order valence-electron chi connectivity index (χ0n) is 16.5. The van der Waals surface area contributed by atoms with Crippen LogP contribution in [-0.2, 0) is 14.3 Å². The molecule has 0 unspecified atom stereocenters. The molecule has 2 aromatic rings. The molecule has 2 N–H and O–H groups in total. The van der Waals surface area contributed by atoms with Crippen LogP contribution in [0.1, 0.15) is 31.9 Å². The van der Waals surface area contributed by atoms with Gasteiger partial charge in [0, 0.05) is 21.1 Å². The largest absolute Gasteiger partial charge is 0.506 e. The van der Waals surface area contributed by atoms with Gasteiger partial charge in [-0.05, 0) is 46.6 Å². The van der Waals surface area contributed by atoms with Crippen molar-refractivity contribution in [3.05, 3.63) is 57.0 Å². The Labute approximate surface area is 198 Å². The summed E-state index contributed by atoms with van der Waals surface area (Å²) >= 11 is 10.6. The third-order valence-corrected chi connectivity index (χ3v) is 5.75. The van der Waals surface area contributed by atoms with Crippen LogP contribution in [0.3, 0.4) is 0 Å². The summed E-state index contributed by atoms with van der Waals surface area (Å²) in [5.74, 6) is -0.475. The number of rotatable bonds is 8. The van der Waals surface area contributed by atoms with E-state index in [4.69, 9.17) is 9.47 Å². The highest BCUT2D eigenvalue weighted by Crippen LogP contribution is 2.46. The fourth-order valence-corrected chi connectivity index (χ4v) is 4.16. The van der Waals surface area contributed by atoms with E-state index >= 15 is 0 Å². The predicted octanol–water partition coefficient (Wildman–Crippen LogP) is 6.10. The lowest BCUT2D eigenvalue weighted by atomic mass is 9.79. The van der Waals surface area contributed by atoms with Gasteiger partial charge in [-0.25, -0.2) is 4.79 Å². The van der Waals surface area contributed by atoms with Gasteiger partial charge in [0.05, 0.1) is 16.8 Å². The molecule has 0 saturated carbocycles. The molecule has 1 atom stereocenters. The van der Waals surface area contributed by atoms with E-state index in [9.17, 15) is 14.7 Å². The van der Waals surface area contributed by atoms with E-state index in [1.807, 2.05) is 19.9 Å². The molecule has 0 aliphatic carbocycles. The van der Waals surface area contributed by atoms with Crippen molar-refractivity contribution in [3.63, 3.8) is 0 Å². The molecule has 0 heterocycles. The van der Waals surface area contributed by atoms with E-state index in [0.29, 0.717) is 26.6 Å². The lowest BCUT2D eigenvalue weighted by Crippen LogP contribution is -2.30. The number of ether oxygens (including phenoxy) is 2. The zero-order valence-corrected chi connectivity index (χ0v) is 20.6. The van der Waals surface area contributed by atoms with Gasteiger partial charge in [0.25, 0.3) is 0 Å². The minimum absolute atomic E-state index is 0.0147. The lowest BCUT2D eigenvalue weighted by Gasteiger charge is -2.34. The minimum Gasteiger partial charge on any atom is -0.506 e. The van der Waals surface area contributed by atoms with Crippen LogP contribution in [-0.4, -0.2) is 29.5 Å². The number of nitrogens with one attached hydrogen (secondary N) is 1. The van der Waals surface area contributed by atoms with Crippen molar-refractivity contribution in [2.75, 3.05) is 17.7 Å². The molecule has 0 fully saturated rings. The Hall–Kier alpha value is -1.71. The second kappa shape index (κ2) is 11.1. The highest BCUT2D eigenvalue weighted by Gasteiger charge is 2.37. The summed E-state index contributed by atoms with van der Waals surface area (Å²) in [6, 6.07) is 12.3. The van der Waals surface area contributed by atoms with Crippen LogP contribution >= 0.6 is 44.5 Å². The van der Waals surface area contributed by atoms with Gasteiger partial charge >= 0.3 is 12.1 Å². The van der Waals surface area contributed by atoms with Crippen molar-refractivity contribution in [1.29, 1.82) is 0 Å². The summed E-state index contributed by atoms with van der Waals surface area (Å²) in [6.45, 7) is 3.87.